The molecule has 0 radical (unpaired) electrons. The lowest BCUT2D eigenvalue weighted by Crippen LogP contribution is -2.14. The van der Waals surface area contributed by atoms with Gasteiger partial charge in [-0.05, 0) is 54.8 Å². The van der Waals surface area contributed by atoms with E-state index in [0.717, 1.165) is 12.1 Å². The maximum Gasteiger partial charge on any atom is 0.201 e. The van der Waals surface area contributed by atoms with Gasteiger partial charge in [0.25, 0.3) is 0 Å². The molecule has 164 valence electrons. The molecule has 2 aromatic carbocycles. The summed E-state index contributed by atoms with van der Waals surface area (Å²) in [4.78, 5) is 17.2. The lowest BCUT2D eigenvalue weighted by Gasteiger charge is -2.10. The van der Waals surface area contributed by atoms with Crippen LogP contribution in [0.5, 0.6) is 0 Å². The van der Waals surface area contributed by atoms with E-state index in [-0.39, 0.29) is 42.7 Å². The Morgan fingerprint density at radius 3 is 2.65 bits per heavy atom. The van der Waals surface area contributed by atoms with E-state index in [4.69, 9.17) is 5.11 Å². The van der Waals surface area contributed by atoms with Crippen LogP contribution in [0.15, 0.2) is 42.6 Å². The molecule has 10 heteroatoms. The molecule has 0 saturated heterocycles. The van der Waals surface area contributed by atoms with E-state index in [0.29, 0.717) is 23.1 Å². The number of nitrogens with zero attached hydrogens (tertiary/aromatic N) is 1. The van der Waals surface area contributed by atoms with Gasteiger partial charge >= 0.3 is 0 Å². The number of carbonyl (C=O) groups excluding carboxylic acids is 1. The molecule has 0 amide bonds. The van der Waals surface area contributed by atoms with Crippen LogP contribution in [0.1, 0.15) is 27.9 Å². The zero-order valence-corrected chi connectivity index (χ0v) is 17.3. The van der Waals surface area contributed by atoms with E-state index >= 15 is 0 Å². The van der Waals surface area contributed by atoms with Crippen LogP contribution in [0.4, 0.5) is 14.5 Å². The molecule has 0 unspecified atom stereocenters. The molecule has 1 aromatic heterocycles. The van der Waals surface area contributed by atoms with Crippen molar-refractivity contribution in [1.29, 1.82) is 0 Å². The van der Waals surface area contributed by atoms with Crippen LogP contribution in [0.2, 0.25) is 0 Å². The normalized spacial score (nSPS) is 11.2. The Morgan fingerprint density at radius 1 is 1.10 bits per heavy atom. The van der Waals surface area contributed by atoms with E-state index in [1.165, 1.54) is 6.07 Å². The quantitative estimate of drug-likeness (QED) is 0.215. The first-order valence-electron chi connectivity index (χ1n) is 9.54. The second-order valence-electron chi connectivity index (χ2n) is 6.81. The van der Waals surface area contributed by atoms with Crippen molar-refractivity contribution in [3.05, 3.63) is 70.9 Å². The number of aliphatic hydroxyl groups is 1. The second kappa shape index (κ2) is 10.4. The number of aryl methyl sites for hydroxylation is 1. The third-order valence-electron chi connectivity index (χ3n) is 4.61. The lowest BCUT2D eigenvalue weighted by atomic mass is 9.97. The molecule has 3 N–H and O–H groups in total. The minimum atomic E-state index is -2.76. The first-order valence-corrected chi connectivity index (χ1v) is 10.7. The highest BCUT2D eigenvalue weighted by Crippen LogP contribution is 2.23. The third-order valence-corrected chi connectivity index (χ3v) is 5.09. The molecule has 0 bridgehead atoms. The fourth-order valence-corrected chi connectivity index (χ4v) is 3.51. The second-order valence-corrected chi connectivity index (χ2v) is 7.64. The van der Waals surface area contributed by atoms with Gasteiger partial charge in [0, 0.05) is 24.0 Å². The highest BCUT2D eigenvalue weighted by Gasteiger charge is 2.19. The Labute approximate surface area is 179 Å². The highest BCUT2D eigenvalue weighted by atomic mass is 32.2. The average Bonchev–Trinajstić information content (AvgIpc) is 2.76. The van der Waals surface area contributed by atoms with Crippen LogP contribution in [-0.4, -0.2) is 44.0 Å². The Morgan fingerprint density at radius 2 is 1.90 bits per heavy atom. The summed E-state index contributed by atoms with van der Waals surface area (Å²) in [5.74, 6) is -2.25. The van der Waals surface area contributed by atoms with E-state index < -0.39 is 28.3 Å². The molecule has 0 aliphatic heterocycles. The maximum atomic E-state index is 14.9. The van der Waals surface area contributed by atoms with E-state index in [9.17, 15) is 22.0 Å². The summed E-state index contributed by atoms with van der Waals surface area (Å²) in [7, 11) is -2.76. The predicted octanol–water partition coefficient (Wildman–Crippen LogP) is 2.20. The summed E-state index contributed by atoms with van der Waals surface area (Å²) in [6.45, 7) is 0.370. The third kappa shape index (κ3) is 5.81. The van der Waals surface area contributed by atoms with Gasteiger partial charge in [-0.2, -0.15) is 0 Å². The number of aromatic nitrogens is 1. The van der Waals surface area contributed by atoms with Crippen molar-refractivity contribution in [2.24, 2.45) is 0 Å². The number of pyridine rings is 1. The molecule has 3 rings (SSSR count). The average molecular weight is 449 g/mol. The first kappa shape index (κ1) is 22.7. The van der Waals surface area contributed by atoms with Gasteiger partial charge in [-0.3, -0.25) is 9.78 Å². The maximum absolute atomic E-state index is 14.9. The number of hydrogen-bond donors (Lipinski definition) is 4. The van der Waals surface area contributed by atoms with Crippen molar-refractivity contribution >= 4 is 33.3 Å². The number of carbonyl (C=O) groups is 1. The van der Waals surface area contributed by atoms with Gasteiger partial charge in [0.1, 0.15) is 11.6 Å². The molecule has 7 nitrogen and oxygen atoms in total. The van der Waals surface area contributed by atoms with E-state index in [1.54, 1.807) is 24.4 Å². The van der Waals surface area contributed by atoms with Crippen molar-refractivity contribution in [2.75, 3.05) is 25.0 Å². The zero-order valence-electron chi connectivity index (χ0n) is 16.4. The number of fused-ring (bicyclic) bond motifs is 1. The number of nitrogens with one attached hydrogen (secondary N) is 2. The van der Waals surface area contributed by atoms with Gasteiger partial charge in [-0.25, -0.2) is 21.9 Å². The minimum Gasteiger partial charge on any atom is -0.395 e. The van der Waals surface area contributed by atoms with Crippen molar-refractivity contribution in [2.45, 2.75) is 12.8 Å². The molecule has 0 atom stereocenters. The molecule has 3 aromatic rings. The van der Waals surface area contributed by atoms with Gasteiger partial charge in [0.2, 0.25) is 10.9 Å². The van der Waals surface area contributed by atoms with Gasteiger partial charge in [0.15, 0.2) is 5.78 Å². The number of benzene rings is 2. The minimum absolute atomic E-state index is 0.00391. The monoisotopic (exact) mass is 449 g/mol. The number of aliphatic hydroxyl groups excluding tert-OH is 1. The summed E-state index contributed by atoms with van der Waals surface area (Å²) in [5, 5.41) is 12.5. The fraction of sp³-hybridized carbons (Fsp3) is 0.238. The summed E-state index contributed by atoms with van der Waals surface area (Å²) < 4.78 is 52.2. The fourth-order valence-electron chi connectivity index (χ4n) is 3.17. The Hall–Kier alpha value is -2.95. The SMILES string of the molecule is O=C(c1ccc2ncc(NCCO)cc2c1)c1cc(F)cc(CCCN[SH](=O)=O)c1F. The van der Waals surface area contributed by atoms with Crippen LogP contribution < -0.4 is 10.0 Å². The van der Waals surface area contributed by atoms with Crippen LogP contribution in [0.25, 0.3) is 10.9 Å². The summed E-state index contributed by atoms with van der Waals surface area (Å²) >= 11 is 0. The Bertz CT molecular complexity index is 1180. The smallest absolute Gasteiger partial charge is 0.201 e. The number of anilines is 1. The van der Waals surface area contributed by atoms with Gasteiger partial charge in [0.05, 0.1) is 29.6 Å². The first-order chi connectivity index (χ1) is 14.9. The van der Waals surface area contributed by atoms with Crippen LogP contribution in [0.3, 0.4) is 0 Å². The van der Waals surface area contributed by atoms with Crippen molar-refractivity contribution in [3.63, 3.8) is 0 Å². The molecule has 0 spiro atoms. The molecule has 0 aliphatic carbocycles. The van der Waals surface area contributed by atoms with Crippen molar-refractivity contribution in [3.8, 4) is 0 Å². The topological polar surface area (TPSA) is 108 Å². The standard InChI is InChI=1S/C21H21F2N3O4S/c22-16-9-13(2-1-5-26-31(29)30)20(23)18(11-16)21(28)14-3-4-19-15(8-14)10-17(12-25-19)24-6-7-27/h3-4,8-12,24,27,31H,1-2,5-7H2,(H,26,29,30). The Kier molecular flexibility index (Phi) is 7.61. The lowest BCUT2D eigenvalue weighted by molar-refractivity contribution is 0.103. The number of ketones is 1. The molecule has 0 saturated carbocycles. The van der Waals surface area contributed by atoms with E-state index in [1.807, 2.05) is 0 Å². The molecule has 31 heavy (non-hydrogen) atoms. The predicted molar refractivity (Wildman–Crippen MR) is 114 cm³/mol. The van der Waals surface area contributed by atoms with Gasteiger partial charge in [-0.15, -0.1) is 0 Å². The molecule has 1 heterocycles. The van der Waals surface area contributed by atoms with Crippen LogP contribution >= 0.6 is 0 Å². The molecule has 0 fully saturated rings. The highest BCUT2D eigenvalue weighted by molar-refractivity contribution is 7.70. The Balaban J connectivity index is 1.88. The van der Waals surface area contributed by atoms with Crippen molar-refractivity contribution in [1.82, 2.24) is 9.71 Å². The molecular weight excluding hydrogens is 428 g/mol. The largest absolute Gasteiger partial charge is 0.395 e. The van der Waals surface area contributed by atoms with Crippen LogP contribution in [-0.2, 0) is 17.3 Å². The summed E-state index contributed by atoms with van der Waals surface area (Å²) in [6.07, 6.45) is 1.92. The van der Waals surface area contributed by atoms with Gasteiger partial charge < -0.3 is 10.4 Å². The summed E-state index contributed by atoms with van der Waals surface area (Å²) in [6, 6.07) is 8.27. The molecular formula is C21H21F2N3O4S. The number of rotatable bonds is 10. The van der Waals surface area contributed by atoms with Gasteiger partial charge in [-0.1, -0.05) is 0 Å². The number of hydrogen-bond acceptors (Lipinski definition) is 6. The molecule has 0 aliphatic rings. The number of halogens is 2. The van der Waals surface area contributed by atoms with E-state index in [2.05, 4.69) is 15.0 Å². The number of thiol groups is 1. The zero-order chi connectivity index (χ0) is 22.4. The van der Waals surface area contributed by atoms with Crippen molar-refractivity contribution < 1.29 is 27.1 Å². The summed E-state index contributed by atoms with van der Waals surface area (Å²) in [5.41, 5.74) is 1.06. The van der Waals surface area contributed by atoms with Crippen LogP contribution in [0, 0.1) is 11.6 Å².